The van der Waals surface area contributed by atoms with Crippen molar-refractivity contribution in [2.24, 2.45) is 0 Å². The van der Waals surface area contributed by atoms with Gasteiger partial charge in [-0.15, -0.1) is 0 Å². The number of benzene rings is 2. The molecule has 4 rings (SSSR count). The van der Waals surface area contributed by atoms with Crippen molar-refractivity contribution in [3.05, 3.63) is 63.3 Å². The Labute approximate surface area is 219 Å². The van der Waals surface area contributed by atoms with Gasteiger partial charge in [0.05, 0.1) is 11.4 Å². The molecular formula is C20H12Na2O9. The van der Waals surface area contributed by atoms with Crippen molar-refractivity contribution in [3.63, 3.8) is 0 Å². The molecule has 0 saturated heterocycles. The summed E-state index contributed by atoms with van der Waals surface area (Å²) < 4.78 is 20.6. The zero-order chi connectivity index (χ0) is 20.5. The molecule has 1 aliphatic heterocycles. The minimum Gasteiger partial charge on any atom is -0.546 e. The first-order valence-electron chi connectivity index (χ1n) is 8.46. The number of carboxylic acids is 1. The third kappa shape index (κ3) is 5.82. The van der Waals surface area contributed by atoms with Gasteiger partial charge in [-0.3, -0.25) is 4.79 Å². The molecule has 1 aromatic heterocycles. The van der Waals surface area contributed by atoms with Gasteiger partial charge in [0.2, 0.25) is 5.95 Å². The molecule has 11 heteroatoms. The molecule has 0 spiro atoms. The second-order valence-corrected chi connectivity index (χ2v) is 6.29. The van der Waals surface area contributed by atoms with Gasteiger partial charge in [0, 0.05) is 18.6 Å². The van der Waals surface area contributed by atoms with Gasteiger partial charge in [0.25, 0.3) is 6.16 Å². The molecule has 31 heavy (non-hydrogen) atoms. The number of aliphatic carboxylic acids is 1. The topological polar surface area (TPSA) is 138 Å². The Hall–Kier alpha value is -2.01. The first-order chi connectivity index (χ1) is 13.9. The average molecular weight is 442 g/mol. The van der Waals surface area contributed by atoms with Crippen molar-refractivity contribution in [3.8, 4) is 17.4 Å². The summed E-state index contributed by atoms with van der Waals surface area (Å²) >= 11 is 0. The van der Waals surface area contributed by atoms with E-state index < -0.39 is 30.1 Å². The maximum atomic E-state index is 12.3. The molecule has 2 heterocycles. The van der Waals surface area contributed by atoms with Gasteiger partial charge in [-0.05, 0) is 34.9 Å². The number of carbonyl (C=O) groups excluding carboxylic acids is 2. The maximum absolute atomic E-state index is 12.3. The van der Waals surface area contributed by atoms with E-state index in [9.17, 15) is 24.6 Å². The third-order valence-electron chi connectivity index (χ3n) is 4.37. The molecule has 0 amide bonds. The monoisotopic (exact) mass is 442 g/mol. The van der Waals surface area contributed by atoms with Gasteiger partial charge < -0.3 is 38.4 Å². The van der Waals surface area contributed by atoms with Crippen LogP contribution in [0.5, 0.6) is 17.4 Å². The largest absolute Gasteiger partial charge is 1.00 e. The van der Waals surface area contributed by atoms with Crippen molar-refractivity contribution in [2.45, 2.75) is 13.0 Å². The van der Waals surface area contributed by atoms with Gasteiger partial charge in [-0.2, -0.15) is 0 Å². The first-order valence-corrected chi connectivity index (χ1v) is 8.46. The van der Waals surface area contributed by atoms with E-state index in [4.69, 9.17) is 13.9 Å². The Balaban J connectivity index is 0.00000171. The van der Waals surface area contributed by atoms with E-state index in [1.165, 1.54) is 6.07 Å². The molecule has 0 aliphatic carbocycles. The van der Waals surface area contributed by atoms with E-state index in [-0.39, 0.29) is 76.7 Å². The first kappa shape index (κ1) is 25.3. The second-order valence-electron chi connectivity index (χ2n) is 6.29. The number of rotatable bonds is 4. The summed E-state index contributed by atoms with van der Waals surface area (Å²) in [5.41, 5.74) is 2.09. The molecule has 3 aromatic rings. The van der Waals surface area contributed by atoms with Crippen LogP contribution in [-0.2, 0) is 17.8 Å². The SMILES string of the molecule is O=C([O-])COc1ccc2c(c1)COc1cc3oc(OC(=O)[O-])cc(=O)c3cc1C2.[Na+].[Na+]. The molecule has 148 valence electrons. The van der Waals surface area contributed by atoms with Crippen LogP contribution >= 0.6 is 0 Å². The summed E-state index contributed by atoms with van der Waals surface area (Å²) in [5, 5.41) is 21.4. The van der Waals surface area contributed by atoms with E-state index in [2.05, 4.69) is 4.74 Å². The summed E-state index contributed by atoms with van der Waals surface area (Å²) in [4.78, 5) is 33.4. The molecule has 0 bridgehead atoms. The molecule has 0 fully saturated rings. The van der Waals surface area contributed by atoms with Crippen molar-refractivity contribution >= 4 is 23.1 Å². The number of ether oxygens (including phenoxy) is 3. The van der Waals surface area contributed by atoms with E-state index in [1.54, 1.807) is 24.3 Å². The molecule has 9 nitrogen and oxygen atoms in total. The summed E-state index contributed by atoms with van der Waals surface area (Å²) in [6.45, 7) is -0.384. The predicted octanol–water partition coefficient (Wildman–Crippen LogP) is -5.86. The van der Waals surface area contributed by atoms with Crippen LogP contribution in [0.1, 0.15) is 16.7 Å². The molecule has 0 radical (unpaired) electrons. The fourth-order valence-corrected chi connectivity index (χ4v) is 3.11. The minimum atomic E-state index is -1.84. The van der Waals surface area contributed by atoms with Crippen molar-refractivity contribution in [1.29, 1.82) is 0 Å². The number of hydrogen-bond donors (Lipinski definition) is 0. The van der Waals surface area contributed by atoms with Crippen LogP contribution in [0.15, 0.2) is 45.6 Å². The van der Waals surface area contributed by atoms with E-state index >= 15 is 0 Å². The Morgan fingerprint density at radius 2 is 1.77 bits per heavy atom. The fourth-order valence-electron chi connectivity index (χ4n) is 3.11. The second kappa shape index (κ2) is 10.5. The summed E-state index contributed by atoms with van der Waals surface area (Å²) in [7, 11) is 0. The number of hydrogen-bond acceptors (Lipinski definition) is 9. The van der Waals surface area contributed by atoms with Crippen LogP contribution in [0.2, 0.25) is 0 Å². The quantitative estimate of drug-likeness (QED) is 0.286. The van der Waals surface area contributed by atoms with Crippen LogP contribution in [0.25, 0.3) is 11.0 Å². The molecule has 0 N–H and O–H groups in total. The van der Waals surface area contributed by atoms with Gasteiger partial charge in [-0.1, -0.05) is 6.07 Å². The number of carboxylic acid groups (broad SMARTS) is 2. The van der Waals surface area contributed by atoms with Crippen LogP contribution in [-0.4, -0.2) is 18.7 Å². The zero-order valence-electron chi connectivity index (χ0n) is 16.8. The predicted molar refractivity (Wildman–Crippen MR) is 92.6 cm³/mol. The van der Waals surface area contributed by atoms with E-state index in [1.807, 2.05) is 0 Å². The number of carbonyl (C=O) groups is 2. The Kier molecular flexibility index (Phi) is 8.58. The third-order valence-corrected chi connectivity index (χ3v) is 4.37. The van der Waals surface area contributed by atoms with Crippen molar-refractivity contribution < 1.29 is 97.5 Å². The fraction of sp³-hybridized carbons (Fsp3) is 0.150. The van der Waals surface area contributed by atoms with Crippen LogP contribution in [0.3, 0.4) is 0 Å². The standard InChI is InChI=1S/C20H14O9.2Na/c21-15-6-19(29-20(24)25)28-17-7-16-11(5-14(15)17)3-10-1-2-13(26-9-18(22)23)4-12(10)8-27-16;;/h1-2,4-7H,3,8-9H2,(H,22,23)(H,24,25);;/q;2*+1/p-2. The normalized spacial score (nSPS) is 11.5. The Morgan fingerprint density at radius 1 is 1.00 bits per heavy atom. The maximum Gasteiger partial charge on any atom is 1.00 e. The van der Waals surface area contributed by atoms with Crippen LogP contribution in [0, 0.1) is 0 Å². The summed E-state index contributed by atoms with van der Waals surface area (Å²) in [6.07, 6.45) is -1.39. The zero-order valence-corrected chi connectivity index (χ0v) is 20.8. The van der Waals surface area contributed by atoms with Gasteiger partial charge in [-0.25, -0.2) is 0 Å². The van der Waals surface area contributed by atoms with Gasteiger partial charge in [0.1, 0.15) is 30.3 Å². The van der Waals surface area contributed by atoms with Crippen LogP contribution < -0.4 is 89.0 Å². The van der Waals surface area contributed by atoms with Gasteiger partial charge in [0.15, 0.2) is 5.43 Å². The minimum absolute atomic E-state index is 0. The van der Waals surface area contributed by atoms with E-state index in [0.29, 0.717) is 17.9 Å². The molecule has 2 aromatic carbocycles. The average Bonchev–Trinajstić information content (AvgIpc) is 2.83. The van der Waals surface area contributed by atoms with Crippen molar-refractivity contribution in [2.75, 3.05) is 6.61 Å². The smallest absolute Gasteiger partial charge is 0.546 e. The molecule has 0 saturated carbocycles. The summed E-state index contributed by atoms with van der Waals surface area (Å²) in [6, 6.07) is 9.16. The Bertz CT molecular complexity index is 1200. The molecular weight excluding hydrogens is 430 g/mol. The molecule has 1 aliphatic rings. The Morgan fingerprint density at radius 3 is 2.48 bits per heavy atom. The summed E-state index contributed by atoms with van der Waals surface area (Å²) in [5.74, 6) is -0.989. The van der Waals surface area contributed by atoms with Crippen molar-refractivity contribution in [1.82, 2.24) is 0 Å². The van der Waals surface area contributed by atoms with E-state index in [0.717, 1.165) is 22.8 Å². The van der Waals surface area contributed by atoms with Gasteiger partial charge >= 0.3 is 59.1 Å². The molecule has 0 atom stereocenters. The van der Waals surface area contributed by atoms with Crippen LogP contribution in [0.4, 0.5) is 4.79 Å². The molecule has 0 unspecified atom stereocenters. The number of fused-ring (bicyclic) bond motifs is 3.